The Morgan fingerprint density at radius 1 is 1.00 bits per heavy atom. The molecule has 0 amide bonds. The van der Waals surface area contributed by atoms with Gasteiger partial charge in [0.1, 0.15) is 11.4 Å². The van der Waals surface area contributed by atoms with Crippen LogP contribution in [0.4, 0.5) is 0 Å². The van der Waals surface area contributed by atoms with Crippen molar-refractivity contribution in [2.75, 3.05) is 7.11 Å². The van der Waals surface area contributed by atoms with E-state index in [1.165, 1.54) is 0 Å². The van der Waals surface area contributed by atoms with Gasteiger partial charge in [-0.2, -0.15) is 4.68 Å². The lowest BCUT2D eigenvalue weighted by atomic mass is 10.2. The maximum atomic E-state index is 5.14. The summed E-state index contributed by atoms with van der Waals surface area (Å²) in [6, 6.07) is 9.58. The van der Waals surface area contributed by atoms with Crippen molar-refractivity contribution >= 4 is 0 Å². The standard InChI is InChI=1S/C15H15N5O/c1-10-8-11(2)17-15(16-10)20-9-14(18-19-20)12-4-6-13(21-3)7-5-12/h4-9H,1-3H3. The fraction of sp³-hybridized carbons (Fsp3) is 0.200. The average Bonchev–Trinajstić information content (AvgIpc) is 2.96. The van der Waals surface area contributed by atoms with Gasteiger partial charge in [-0.15, -0.1) is 5.10 Å². The second-order valence-corrected chi connectivity index (χ2v) is 4.73. The predicted molar refractivity (Wildman–Crippen MR) is 78.4 cm³/mol. The van der Waals surface area contributed by atoms with E-state index >= 15 is 0 Å². The van der Waals surface area contributed by atoms with Gasteiger partial charge in [-0.1, -0.05) is 5.21 Å². The second-order valence-electron chi connectivity index (χ2n) is 4.73. The van der Waals surface area contributed by atoms with Crippen LogP contribution in [0.5, 0.6) is 5.75 Å². The van der Waals surface area contributed by atoms with Gasteiger partial charge in [0.05, 0.1) is 13.3 Å². The third kappa shape index (κ3) is 2.74. The van der Waals surface area contributed by atoms with Crippen molar-refractivity contribution in [2.24, 2.45) is 0 Å². The van der Waals surface area contributed by atoms with Gasteiger partial charge in [0.15, 0.2) is 0 Å². The molecule has 6 nitrogen and oxygen atoms in total. The van der Waals surface area contributed by atoms with Crippen LogP contribution in [0.1, 0.15) is 11.4 Å². The summed E-state index contributed by atoms with van der Waals surface area (Å²) < 4.78 is 6.73. The van der Waals surface area contributed by atoms with Crippen LogP contribution in [-0.4, -0.2) is 32.1 Å². The van der Waals surface area contributed by atoms with E-state index in [2.05, 4.69) is 20.3 Å². The van der Waals surface area contributed by atoms with Crippen LogP contribution in [0.2, 0.25) is 0 Å². The van der Waals surface area contributed by atoms with Crippen LogP contribution in [0.15, 0.2) is 36.5 Å². The zero-order valence-electron chi connectivity index (χ0n) is 12.1. The van der Waals surface area contributed by atoms with Gasteiger partial charge < -0.3 is 4.74 Å². The van der Waals surface area contributed by atoms with Gasteiger partial charge >= 0.3 is 0 Å². The Morgan fingerprint density at radius 2 is 1.67 bits per heavy atom. The summed E-state index contributed by atoms with van der Waals surface area (Å²) in [4.78, 5) is 8.74. The molecule has 0 unspecified atom stereocenters. The minimum atomic E-state index is 0.528. The smallest absolute Gasteiger partial charge is 0.252 e. The van der Waals surface area contributed by atoms with Crippen LogP contribution in [0.3, 0.4) is 0 Å². The number of benzene rings is 1. The Labute approximate surface area is 122 Å². The normalized spacial score (nSPS) is 10.6. The summed E-state index contributed by atoms with van der Waals surface area (Å²) in [5.74, 6) is 1.34. The van der Waals surface area contributed by atoms with Crippen molar-refractivity contribution in [3.8, 4) is 23.0 Å². The lowest BCUT2D eigenvalue weighted by Crippen LogP contribution is -2.04. The first-order valence-corrected chi connectivity index (χ1v) is 6.55. The minimum Gasteiger partial charge on any atom is -0.497 e. The maximum absolute atomic E-state index is 5.14. The molecule has 0 spiro atoms. The van der Waals surface area contributed by atoms with Gasteiger partial charge in [0, 0.05) is 17.0 Å². The molecule has 0 fully saturated rings. The SMILES string of the molecule is COc1ccc(-c2cn(-c3nc(C)cc(C)n3)nn2)cc1. The molecule has 106 valence electrons. The molecule has 0 aliphatic carbocycles. The van der Waals surface area contributed by atoms with E-state index in [1.54, 1.807) is 11.8 Å². The largest absolute Gasteiger partial charge is 0.497 e. The van der Waals surface area contributed by atoms with E-state index in [0.717, 1.165) is 28.4 Å². The molecule has 0 atom stereocenters. The summed E-state index contributed by atoms with van der Waals surface area (Å²) in [5.41, 5.74) is 3.53. The highest BCUT2D eigenvalue weighted by atomic mass is 16.5. The molecule has 0 N–H and O–H groups in total. The number of nitrogens with zero attached hydrogens (tertiary/aromatic N) is 5. The molecule has 0 saturated carbocycles. The third-order valence-corrected chi connectivity index (χ3v) is 3.05. The van der Waals surface area contributed by atoms with Gasteiger partial charge in [-0.05, 0) is 44.2 Å². The molecule has 0 aliphatic heterocycles. The number of methoxy groups -OCH3 is 1. The summed E-state index contributed by atoms with van der Waals surface area (Å²) in [6.07, 6.45) is 1.82. The number of hydrogen-bond acceptors (Lipinski definition) is 5. The topological polar surface area (TPSA) is 65.7 Å². The van der Waals surface area contributed by atoms with E-state index in [-0.39, 0.29) is 0 Å². The molecule has 21 heavy (non-hydrogen) atoms. The van der Waals surface area contributed by atoms with E-state index in [4.69, 9.17) is 4.74 Å². The number of hydrogen-bond donors (Lipinski definition) is 0. The van der Waals surface area contributed by atoms with Crippen molar-refractivity contribution < 1.29 is 4.74 Å². The summed E-state index contributed by atoms with van der Waals surface area (Å²) in [6.45, 7) is 3.86. The molecule has 2 aromatic heterocycles. The Morgan fingerprint density at radius 3 is 2.29 bits per heavy atom. The first-order chi connectivity index (χ1) is 10.2. The quantitative estimate of drug-likeness (QED) is 0.737. The summed E-state index contributed by atoms with van der Waals surface area (Å²) >= 11 is 0. The molecular formula is C15H15N5O. The monoisotopic (exact) mass is 281 g/mol. The number of ether oxygens (including phenoxy) is 1. The molecule has 0 saturated heterocycles. The number of rotatable bonds is 3. The second kappa shape index (κ2) is 5.32. The van der Waals surface area contributed by atoms with Gasteiger partial charge in [-0.3, -0.25) is 0 Å². The highest BCUT2D eigenvalue weighted by molar-refractivity contribution is 5.59. The fourth-order valence-electron chi connectivity index (χ4n) is 2.07. The van der Waals surface area contributed by atoms with Crippen molar-refractivity contribution in [1.29, 1.82) is 0 Å². The van der Waals surface area contributed by atoms with E-state index in [9.17, 15) is 0 Å². The van der Waals surface area contributed by atoms with Crippen molar-refractivity contribution in [1.82, 2.24) is 25.0 Å². The Balaban J connectivity index is 1.95. The van der Waals surface area contributed by atoms with E-state index in [1.807, 2.05) is 50.4 Å². The Hall–Kier alpha value is -2.76. The van der Waals surface area contributed by atoms with Crippen LogP contribution in [-0.2, 0) is 0 Å². The predicted octanol–water partition coefficient (Wildman–Crippen LogP) is 2.35. The summed E-state index contributed by atoms with van der Waals surface area (Å²) in [5, 5.41) is 8.27. The number of aryl methyl sites for hydroxylation is 2. The lowest BCUT2D eigenvalue weighted by molar-refractivity contribution is 0.415. The molecule has 0 aliphatic rings. The molecule has 2 heterocycles. The Kier molecular flexibility index (Phi) is 3.35. The van der Waals surface area contributed by atoms with Gasteiger partial charge in [-0.25, -0.2) is 9.97 Å². The summed E-state index contributed by atoms with van der Waals surface area (Å²) in [7, 11) is 1.64. The maximum Gasteiger partial charge on any atom is 0.252 e. The molecule has 6 heteroatoms. The highest BCUT2D eigenvalue weighted by Gasteiger charge is 2.08. The van der Waals surface area contributed by atoms with Gasteiger partial charge in [0.2, 0.25) is 0 Å². The minimum absolute atomic E-state index is 0.528. The zero-order chi connectivity index (χ0) is 14.8. The highest BCUT2D eigenvalue weighted by Crippen LogP contribution is 2.20. The molecule has 3 rings (SSSR count). The van der Waals surface area contributed by atoms with Crippen molar-refractivity contribution in [3.05, 3.63) is 47.9 Å². The van der Waals surface area contributed by atoms with Crippen molar-refractivity contribution in [2.45, 2.75) is 13.8 Å². The van der Waals surface area contributed by atoms with E-state index < -0.39 is 0 Å². The fourth-order valence-corrected chi connectivity index (χ4v) is 2.07. The van der Waals surface area contributed by atoms with E-state index in [0.29, 0.717) is 5.95 Å². The average molecular weight is 281 g/mol. The third-order valence-electron chi connectivity index (χ3n) is 3.05. The molecule has 1 aromatic carbocycles. The molecule has 0 radical (unpaired) electrons. The molecule has 3 aromatic rings. The molecule has 0 bridgehead atoms. The number of aromatic nitrogens is 5. The first kappa shape index (κ1) is 13.2. The zero-order valence-corrected chi connectivity index (χ0v) is 12.1. The van der Waals surface area contributed by atoms with Crippen LogP contribution >= 0.6 is 0 Å². The van der Waals surface area contributed by atoms with Gasteiger partial charge in [0.25, 0.3) is 5.95 Å². The Bertz CT molecular complexity index is 744. The van der Waals surface area contributed by atoms with Crippen LogP contribution < -0.4 is 4.74 Å². The molecular weight excluding hydrogens is 266 g/mol. The van der Waals surface area contributed by atoms with Crippen LogP contribution in [0.25, 0.3) is 17.2 Å². The van der Waals surface area contributed by atoms with Crippen molar-refractivity contribution in [3.63, 3.8) is 0 Å². The van der Waals surface area contributed by atoms with Crippen LogP contribution in [0, 0.1) is 13.8 Å². The first-order valence-electron chi connectivity index (χ1n) is 6.55. The lowest BCUT2D eigenvalue weighted by Gasteiger charge is -2.01.